The molecule has 0 amide bonds. The molecule has 0 aliphatic rings. The molecule has 4 nitrogen and oxygen atoms in total. The van der Waals surface area contributed by atoms with Gasteiger partial charge in [-0.3, -0.25) is 0 Å². The van der Waals surface area contributed by atoms with Crippen molar-refractivity contribution < 1.29 is 4.74 Å². The van der Waals surface area contributed by atoms with E-state index in [1.165, 1.54) is 0 Å². The number of ether oxygens (including phenoxy) is 1. The van der Waals surface area contributed by atoms with E-state index in [-0.39, 0.29) is 0 Å². The van der Waals surface area contributed by atoms with Crippen LogP contribution in [0.2, 0.25) is 0 Å². The molecule has 2 rings (SSSR count). The van der Waals surface area contributed by atoms with Crippen LogP contribution in [0.4, 0.5) is 10.8 Å². The fraction of sp³-hybridized carbons (Fsp3) is 0.364. The first-order chi connectivity index (χ1) is 8.20. The zero-order valence-corrected chi connectivity index (χ0v) is 11.7. The van der Waals surface area contributed by atoms with Gasteiger partial charge in [0.2, 0.25) is 5.88 Å². The maximum absolute atomic E-state index is 5.28. The molecular formula is C11H15N3OS2. The number of thiazole rings is 1. The first-order valence-electron chi connectivity index (χ1n) is 5.18. The van der Waals surface area contributed by atoms with Crippen LogP contribution in [0.15, 0.2) is 16.8 Å². The molecule has 0 saturated heterocycles. The van der Waals surface area contributed by atoms with E-state index in [0.717, 1.165) is 22.2 Å². The topological polar surface area (TPSA) is 37.4 Å². The largest absolute Gasteiger partial charge is 0.480 e. The Hall–Kier alpha value is -1.27. The number of methoxy groups -OCH3 is 1. The predicted octanol–water partition coefficient (Wildman–Crippen LogP) is 2.89. The molecule has 0 saturated carbocycles. The van der Waals surface area contributed by atoms with Gasteiger partial charge < -0.3 is 15.0 Å². The fourth-order valence-electron chi connectivity index (χ4n) is 1.34. The number of aromatic nitrogens is 1. The van der Waals surface area contributed by atoms with E-state index in [4.69, 9.17) is 4.74 Å². The van der Waals surface area contributed by atoms with Gasteiger partial charge in [-0.1, -0.05) is 11.3 Å². The number of hydrogen-bond donors (Lipinski definition) is 1. The summed E-state index contributed by atoms with van der Waals surface area (Å²) in [6.07, 6.45) is 0. The lowest BCUT2D eigenvalue weighted by Crippen LogP contribution is -2.07. The minimum atomic E-state index is 0.710. The van der Waals surface area contributed by atoms with E-state index in [2.05, 4.69) is 27.1 Å². The zero-order valence-electron chi connectivity index (χ0n) is 10.1. The first kappa shape index (κ1) is 12.2. The highest BCUT2D eigenvalue weighted by atomic mass is 32.1. The molecule has 0 radical (unpaired) electrons. The quantitative estimate of drug-likeness (QED) is 0.905. The van der Waals surface area contributed by atoms with Crippen LogP contribution in [-0.4, -0.2) is 26.2 Å². The van der Waals surface area contributed by atoms with Gasteiger partial charge in [0.15, 0.2) is 5.13 Å². The van der Waals surface area contributed by atoms with Crippen molar-refractivity contribution in [3.8, 4) is 5.88 Å². The number of rotatable bonds is 5. The van der Waals surface area contributed by atoms with E-state index in [1.54, 1.807) is 29.8 Å². The molecule has 0 unspecified atom stereocenters. The molecule has 92 valence electrons. The SMILES string of the molecule is COc1nc(N(C)C)sc1CNc1ccsc1. The summed E-state index contributed by atoms with van der Waals surface area (Å²) in [5.41, 5.74) is 1.14. The molecule has 17 heavy (non-hydrogen) atoms. The van der Waals surface area contributed by atoms with Crippen LogP contribution >= 0.6 is 22.7 Å². The van der Waals surface area contributed by atoms with Crippen molar-refractivity contribution in [3.05, 3.63) is 21.7 Å². The number of thiophene rings is 1. The second kappa shape index (κ2) is 5.37. The van der Waals surface area contributed by atoms with Crippen LogP contribution in [0.1, 0.15) is 4.88 Å². The Morgan fingerprint density at radius 1 is 1.47 bits per heavy atom. The second-order valence-corrected chi connectivity index (χ2v) is 5.53. The lowest BCUT2D eigenvalue weighted by Gasteiger charge is -2.05. The maximum Gasteiger partial charge on any atom is 0.231 e. The third-order valence-electron chi connectivity index (χ3n) is 2.20. The lowest BCUT2D eigenvalue weighted by molar-refractivity contribution is 0.397. The highest BCUT2D eigenvalue weighted by Gasteiger charge is 2.12. The van der Waals surface area contributed by atoms with Crippen LogP contribution in [0.3, 0.4) is 0 Å². The highest BCUT2D eigenvalue weighted by molar-refractivity contribution is 7.15. The molecule has 1 N–H and O–H groups in total. The Morgan fingerprint density at radius 2 is 2.29 bits per heavy atom. The lowest BCUT2D eigenvalue weighted by atomic mass is 10.4. The van der Waals surface area contributed by atoms with Crippen molar-refractivity contribution in [2.45, 2.75) is 6.54 Å². The predicted molar refractivity (Wildman–Crippen MR) is 74.6 cm³/mol. The zero-order chi connectivity index (χ0) is 12.3. The molecule has 0 bridgehead atoms. The van der Waals surface area contributed by atoms with Crippen LogP contribution in [0.25, 0.3) is 0 Å². The number of anilines is 2. The Bertz CT molecular complexity index is 465. The van der Waals surface area contributed by atoms with Gasteiger partial charge in [0.25, 0.3) is 0 Å². The molecule has 0 aliphatic heterocycles. The van der Waals surface area contributed by atoms with Gasteiger partial charge in [-0.2, -0.15) is 16.3 Å². The van der Waals surface area contributed by atoms with Gasteiger partial charge in [-0.05, 0) is 11.4 Å². The molecule has 2 heterocycles. The second-order valence-electron chi connectivity index (χ2n) is 3.69. The van der Waals surface area contributed by atoms with E-state index in [1.807, 2.05) is 19.0 Å². The molecule has 6 heteroatoms. The van der Waals surface area contributed by atoms with Gasteiger partial charge in [-0.25, -0.2) is 0 Å². The monoisotopic (exact) mass is 269 g/mol. The summed E-state index contributed by atoms with van der Waals surface area (Å²) in [4.78, 5) is 7.51. The normalized spacial score (nSPS) is 10.3. The molecular weight excluding hydrogens is 254 g/mol. The van der Waals surface area contributed by atoms with Crippen molar-refractivity contribution in [2.24, 2.45) is 0 Å². The summed E-state index contributed by atoms with van der Waals surface area (Å²) in [6, 6.07) is 2.06. The fourth-order valence-corrected chi connectivity index (χ4v) is 2.84. The number of nitrogens with one attached hydrogen (secondary N) is 1. The number of hydrogen-bond acceptors (Lipinski definition) is 6. The Kier molecular flexibility index (Phi) is 3.86. The van der Waals surface area contributed by atoms with E-state index in [9.17, 15) is 0 Å². The third kappa shape index (κ3) is 2.89. The number of nitrogens with zero attached hydrogens (tertiary/aromatic N) is 2. The van der Waals surface area contributed by atoms with E-state index >= 15 is 0 Å². The summed E-state index contributed by atoms with van der Waals surface area (Å²) in [5.74, 6) is 0.710. The molecule has 0 aromatic carbocycles. The van der Waals surface area contributed by atoms with Crippen LogP contribution in [-0.2, 0) is 6.54 Å². The minimum Gasteiger partial charge on any atom is -0.480 e. The van der Waals surface area contributed by atoms with Crippen molar-refractivity contribution >= 4 is 33.5 Å². The summed E-state index contributed by atoms with van der Waals surface area (Å²) in [7, 11) is 5.62. The average molecular weight is 269 g/mol. The molecule has 2 aromatic heterocycles. The summed E-state index contributed by atoms with van der Waals surface area (Å²) < 4.78 is 5.28. The average Bonchev–Trinajstić information content (AvgIpc) is 2.95. The molecule has 0 aliphatic carbocycles. The Morgan fingerprint density at radius 3 is 2.88 bits per heavy atom. The van der Waals surface area contributed by atoms with Gasteiger partial charge in [0.1, 0.15) is 0 Å². The van der Waals surface area contributed by atoms with Crippen LogP contribution in [0, 0.1) is 0 Å². The summed E-state index contributed by atoms with van der Waals surface area (Å²) in [6.45, 7) is 0.741. The smallest absolute Gasteiger partial charge is 0.231 e. The van der Waals surface area contributed by atoms with Crippen molar-refractivity contribution in [1.82, 2.24) is 4.98 Å². The first-order valence-corrected chi connectivity index (χ1v) is 6.93. The van der Waals surface area contributed by atoms with Crippen LogP contribution in [0.5, 0.6) is 5.88 Å². The molecule has 2 aromatic rings. The standard InChI is InChI=1S/C11H15N3OS2/c1-14(2)11-13-10(15-3)9(17-11)6-12-8-4-5-16-7-8/h4-5,7,12H,6H2,1-3H3. The van der Waals surface area contributed by atoms with Gasteiger partial charge >= 0.3 is 0 Å². The van der Waals surface area contributed by atoms with Crippen molar-refractivity contribution in [2.75, 3.05) is 31.4 Å². The van der Waals surface area contributed by atoms with Crippen LogP contribution < -0.4 is 15.0 Å². The summed E-state index contributed by atoms with van der Waals surface area (Å²) in [5, 5.41) is 8.45. The highest BCUT2D eigenvalue weighted by Crippen LogP contribution is 2.31. The maximum atomic E-state index is 5.28. The third-order valence-corrected chi connectivity index (χ3v) is 4.09. The Balaban J connectivity index is 2.09. The van der Waals surface area contributed by atoms with Crippen molar-refractivity contribution in [3.63, 3.8) is 0 Å². The van der Waals surface area contributed by atoms with E-state index in [0.29, 0.717) is 5.88 Å². The summed E-state index contributed by atoms with van der Waals surface area (Å²) >= 11 is 3.33. The molecule has 0 atom stereocenters. The molecule has 0 fully saturated rings. The Labute approximate surface area is 109 Å². The minimum absolute atomic E-state index is 0.710. The van der Waals surface area contributed by atoms with Gasteiger partial charge in [0.05, 0.1) is 18.5 Å². The van der Waals surface area contributed by atoms with Gasteiger partial charge in [-0.15, -0.1) is 0 Å². The van der Waals surface area contributed by atoms with Crippen molar-refractivity contribution in [1.29, 1.82) is 0 Å². The molecule has 0 spiro atoms. The van der Waals surface area contributed by atoms with Gasteiger partial charge in [0, 0.05) is 25.2 Å². The van der Waals surface area contributed by atoms with E-state index < -0.39 is 0 Å².